The van der Waals surface area contributed by atoms with Crippen LogP contribution < -0.4 is 5.32 Å². The Balaban J connectivity index is 3.00. The van der Waals surface area contributed by atoms with Gasteiger partial charge in [-0.1, -0.05) is 0 Å². The number of carbonyl (C=O) groups is 2. The molecule has 0 aliphatic heterocycles. The van der Waals surface area contributed by atoms with Gasteiger partial charge in [0.2, 0.25) is 0 Å². The van der Waals surface area contributed by atoms with Crippen LogP contribution in [0.15, 0.2) is 18.2 Å². The van der Waals surface area contributed by atoms with Crippen molar-refractivity contribution in [2.24, 2.45) is 0 Å². The summed E-state index contributed by atoms with van der Waals surface area (Å²) < 4.78 is 55.2. The molecule has 1 aromatic carbocycles. The number of ether oxygens (including phenoxy) is 1. The minimum atomic E-state index is -4.96. The predicted molar refractivity (Wildman–Crippen MR) is 62.2 cm³/mol. The Hall–Kier alpha value is -2.16. The molecule has 0 bridgehead atoms. The fourth-order valence-electron chi connectivity index (χ4n) is 1.47. The van der Waals surface area contributed by atoms with Gasteiger partial charge in [0.15, 0.2) is 6.04 Å². The quantitative estimate of drug-likeness (QED) is 0.811. The lowest BCUT2D eigenvalue weighted by molar-refractivity contribution is -0.141. The first-order valence-corrected chi connectivity index (χ1v) is 5.56. The van der Waals surface area contributed by atoms with Crippen LogP contribution in [0.2, 0.25) is 0 Å². The van der Waals surface area contributed by atoms with Gasteiger partial charge in [-0.2, -0.15) is 13.2 Å². The second-order valence-corrected chi connectivity index (χ2v) is 4.01. The van der Waals surface area contributed by atoms with E-state index in [1.54, 1.807) is 0 Å². The number of hydrogen-bond acceptors (Lipinski definition) is 3. The topological polar surface area (TPSA) is 75.6 Å². The van der Waals surface area contributed by atoms with Crippen LogP contribution in [0.4, 0.5) is 17.6 Å². The lowest BCUT2D eigenvalue weighted by Gasteiger charge is -2.14. The normalized spacial score (nSPS) is 12.8. The van der Waals surface area contributed by atoms with Crippen molar-refractivity contribution in [3.63, 3.8) is 0 Å². The molecule has 0 heterocycles. The molecule has 1 amide bonds. The minimum Gasteiger partial charge on any atom is -0.480 e. The van der Waals surface area contributed by atoms with Gasteiger partial charge in [-0.15, -0.1) is 0 Å². The summed E-state index contributed by atoms with van der Waals surface area (Å²) in [5.74, 6) is -4.01. The maximum absolute atomic E-state index is 13.1. The van der Waals surface area contributed by atoms with E-state index in [1.807, 2.05) is 5.32 Å². The van der Waals surface area contributed by atoms with Crippen molar-refractivity contribution in [1.82, 2.24) is 5.32 Å². The van der Waals surface area contributed by atoms with Gasteiger partial charge in [-0.05, 0) is 18.2 Å². The number of benzene rings is 1. The molecule has 0 fully saturated rings. The third-order valence-electron chi connectivity index (χ3n) is 2.47. The second kappa shape index (κ2) is 6.53. The molecule has 21 heavy (non-hydrogen) atoms. The SMILES string of the molecule is COCC(NC(=O)c1ccc(F)c(C(F)(F)F)c1)C(=O)O. The van der Waals surface area contributed by atoms with E-state index in [0.717, 1.165) is 6.07 Å². The van der Waals surface area contributed by atoms with E-state index in [0.29, 0.717) is 12.1 Å². The van der Waals surface area contributed by atoms with Crippen LogP contribution in [0.5, 0.6) is 0 Å². The maximum atomic E-state index is 13.1. The van der Waals surface area contributed by atoms with Gasteiger partial charge in [0, 0.05) is 12.7 Å². The maximum Gasteiger partial charge on any atom is 0.419 e. The largest absolute Gasteiger partial charge is 0.480 e. The van der Waals surface area contributed by atoms with E-state index in [1.165, 1.54) is 7.11 Å². The van der Waals surface area contributed by atoms with Gasteiger partial charge < -0.3 is 15.2 Å². The van der Waals surface area contributed by atoms with E-state index in [2.05, 4.69) is 4.74 Å². The van der Waals surface area contributed by atoms with Crippen molar-refractivity contribution < 1.29 is 37.0 Å². The molecule has 0 saturated carbocycles. The van der Waals surface area contributed by atoms with Gasteiger partial charge in [-0.25, -0.2) is 9.18 Å². The third-order valence-corrected chi connectivity index (χ3v) is 2.47. The Morgan fingerprint density at radius 3 is 2.48 bits per heavy atom. The predicted octanol–water partition coefficient (Wildman–Crippen LogP) is 1.67. The summed E-state index contributed by atoms with van der Waals surface area (Å²) in [6, 6.07) is 0.202. The summed E-state index contributed by atoms with van der Waals surface area (Å²) in [5.41, 5.74) is -2.11. The van der Waals surface area contributed by atoms with Crippen LogP contribution in [-0.4, -0.2) is 36.7 Å². The summed E-state index contributed by atoms with van der Waals surface area (Å²) in [5, 5.41) is 10.8. The molecule has 5 nitrogen and oxygen atoms in total. The average Bonchev–Trinajstić information content (AvgIpc) is 2.37. The Morgan fingerprint density at radius 2 is 2.00 bits per heavy atom. The van der Waals surface area contributed by atoms with Crippen LogP contribution in [0.25, 0.3) is 0 Å². The number of carbonyl (C=O) groups excluding carboxylic acids is 1. The van der Waals surface area contributed by atoms with Crippen LogP contribution in [-0.2, 0) is 15.7 Å². The number of aliphatic carboxylic acids is 1. The zero-order valence-electron chi connectivity index (χ0n) is 10.7. The third kappa shape index (κ3) is 4.42. The number of amides is 1. The number of halogens is 4. The Labute approximate surface area is 116 Å². The number of methoxy groups -OCH3 is 1. The number of carboxylic acid groups (broad SMARTS) is 1. The van der Waals surface area contributed by atoms with E-state index < -0.39 is 41.0 Å². The molecule has 0 aromatic heterocycles. The molecule has 116 valence electrons. The molecule has 0 aliphatic carbocycles. The second-order valence-electron chi connectivity index (χ2n) is 4.01. The van der Waals surface area contributed by atoms with Gasteiger partial charge in [0.1, 0.15) is 5.82 Å². The molecule has 1 unspecified atom stereocenters. The van der Waals surface area contributed by atoms with Crippen LogP contribution in [0, 0.1) is 5.82 Å². The molecule has 1 rings (SSSR count). The Bertz CT molecular complexity index is 545. The van der Waals surface area contributed by atoms with E-state index in [-0.39, 0.29) is 6.61 Å². The molecule has 0 saturated heterocycles. The summed E-state index contributed by atoms with van der Waals surface area (Å²) in [4.78, 5) is 22.5. The lowest BCUT2D eigenvalue weighted by Crippen LogP contribution is -2.43. The first-order valence-electron chi connectivity index (χ1n) is 5.56. The highest BCUT2D eigenvalue weighted by Gasteiger charge is 2.35. The molecule has 0 spiro atoms. The molecular weight excluding hydrogens is 298 g/mol. The molecular formula is C12H11F4NO4. The number of alkyl halides is 3. The van der Waals surface area contributed by atoms with Crippen LogP contribution >= 0.6 is 0 Å². The smallest absolute Gasteiger partial charge is 0.419 e. The van der Waals surface area contributed by atoms with Gasteiger partial charge in [0.25, 0.3) is 5.91 Å². The van der Waals surface area contributed by atoms with Crippen molar-refractivity contribution in [2.45, 2.75) is 12.2 Å². The summed E-state index contributed by atoms with van der Waals surface area (Å²) in [7, 11) is 1.20. The van der Waals surface area contributed by atoms with Crippen molar-refractivity contribution in [3.05, 3.63) is 35.1 Å². The number of nitrogens with one attached hydrogen (secondary N) is 1. The molecule has 0 radical (unpaired) electrons. The highest BCUT2D eigenvalue weighted by atomic mass is 19.4. The van der Waals surface area contributed by atoms with Crippen LogP contribution in [0.1, 0.15) is 15.9 Å². The number of hydrogen-bond donors (Lipinski definition) is 2. The van der Waals surface area contributed by atoms with E-state index in [4.69, 9.17) is 5.11 Å². The van der Waals surface area contributed by atoms with Gasteiger partial charge in [-0.3, -0.25) is 4.79 Å². The van der Waals surface area contributed by atoms with Crippen molar-refractivity contribution >= 4 is 11.9 Å². The fourth-order valence-corrected chi connectivity index (χ4v) is 1.47. The number of carboxylic acids is 1. The molecule has 0 aliphatic rings. The first-order chi connectivity index (χ1) is 9.66. The zero-order valence-corrected chi connectivity index (χ0v) is 10.7. The zero-order chi connectivity index (χ0) is 16.2. The first kappa shape index (κ1) is 16.9. The monoisotopic (exact) mass is 309 g/mol. The van der Waals surface area contributed by atoms with Gasteiger partial charge in [0.05, 0.1) is 12.2 Å². The number of rotatable bonds is 5. The van der Waals surface area contributed by atoms with Crippen molar-refractivity contribution in [2.75, 3.05) is 13.7 Å². The molecule has 2 N–H and O–H groups in total. The lowest BCUT2D eigenvalue weighted by atomic mass is 10.1. The van der Waals surface area contributed by atoms with Crippen LogP contribution in [0.3, 0.4) is 0 Å². The highest BCUT2D eigenvalue weighted by Crippen LogP contribution is 2.31. The molecule has 9 heteroatoms. The van der Waals surface area contributed by atoms with E-state index in [9.17, 15) is 27.2 Å². The molecule has 1 aromatic rings. The Morgan fingerprint density at radius 1 is 1.38 bits per heavy atom. The summed E-state index contributed by atoms with van der Waals surface area (Å²) in [6.45, 7) is -0.367. The Kier molecular flexibility index (Phi) is 5.25. The highest BCUT2D eigenvalue weighted by molar-refractivity contribution is 5.96. The van der Waals surface area contributed by atoms with Gasteiger partial charge >= 0.3 is 12.1 Å². The summed E-state index contributed by atoms with van der Waals surface area (Å²) >= 11 is 0. The summed E-state index contributed by atoms with van der Waals surface area (Å²) in [6.07, 6.45) is -4.96. The minimum absolute atomic E-state index is 0.316. The van der Waals surface area contributed by atoms with E-state index >= 15 is 0 Å². The fraction of sp³-hybridized carbons (Fsp3) is 0.333. The van der Waals surface area contributed by atoms with Crippen molar-refractivity contribution in [1.29, 1.82) is 0 Å². The average molecular weight is 309 g/mol. The van der Waals surface area contributed by atoms with Crippen molar-refractivity contribution in [3.8, 4) is 0 Å². The molecule has 1 atom stereocenters. The standard InChI is InChI=1S/C12H11F4NO4/c1-21-5-9(11(19)20)17-10(18)6-2-3-8(13)7(4-6)12(14,15)16/h2-4,9H,5H2,1H3,(H,17,18)(H,19,20).